The lowest BCUT2D eigenvalue weighted by molar-refractivity contribution is -0.192. The second kappa shape index (κ2) is 10.4. The predicted molar refractivity (Wildman–Crippen MR) is 108 cm³/mol. The molecule has 1 amide bonds. The van der Waals surface area contributed by atoms with Crippen molar-refractivity contribution in [1.82, 2.24) is 24.4 Å². The highest BCUT2D eigenvalue weighted by Crippen LogP contribution is 2.25. The van der Waals surface area contributed by atoms with Gasteiger partial charge in [-0.25, -0.2) is 23.5 Å². The summed E-state index contributed by atoms with van der Waals surface area (Å²) >= 11 is 0. The Morgan fingerprint density at radius 3 is 2.59 bits per heavy atom. The van der Waals surface area contributed by atoms with Crippen molar-refractivity contribution in [2.45, 2.75) is 44.6 Å². The van der Waals surface area contributed by atoms with E-state index < -0.39 is 23.8 Å². The van der Waals surface area contributed by atoms with Crippen LogP contribution in [-0.4, -0.2) is 48.3 Å². The summed E-state index contributed by atoms with van der Waals surface area (Å²) in [7, 11) is 0. The van der Waals surface area contributed by atoms with Crippen molar-refractivity contribution in [3.63, 3.8) is 0 Å². The van der Waals surface area contributed by atoms with Crippen LogP contribution in [0.15, 0.2) is 43.1 Å². The van der Waals surface area contributed by atoms with Gasteiger partial charge in [-0.3, -0.25) is 4.79 Å². The van der Waals surface area contributed by atoms with Crippen molar-refractivity contribution in [1.29, 1.82) is 0 Å². The number of nitrogens with zero attached hydrogens (tertiary/aromatic N) is 4. The highest BCUT2D eigenvalue weighted by Gasteiger charge is 2.38. The van der Waals surface area contributed by atoms with E-state index in [2.05, 4.69) is 15.3 Å². The second-order valence-electron chi connectivity index (χ2n) is 7.48. The Labute approximate surface area is 190 Å². The van der Waals surface area contributed by atoms with Crippen LogP contribution in [0.1, 0.15) is 18.7 Å². The first-order valence-electron chi connectivity index (χ1n) is 10.1. The minimum absolute atomic E-state index is 0.00732. The standard InChI is InChI=1S/C19H19F2N5O.C2HF3O2/c20-13-1-3-15(16(21)9-13)17-11-26-10-14(2-4-18(26)24-17)23-19(27)5-7-25-8-6-22-12-25;3-2(4,5)1(6)7/h1,3,6,8-9,11-12,14H,2,4-5,7,10H2,(H,23,27);(H,6,7). The number of carboxylic acids is 1. The van der Waals surface area contributed by atoms with Crippen LogP contribution in [0.4, 0.5) is 22.0 Å². The predicted octanol–water partition coefficient (Wildman–Crippen LogP) is 3.18. The minimum atomic E-state index is -5.08. The number of nitrogens with one attached hydrogen (secondary N) is 1. The van der Waals surface area contributed by atoms with Crippen LogP contribution in [-0.2, 0) is 29.1 Å². The van der Waals surface area contributed by atoms with Gasteiger partial charge >= 0.3 is 12.1 Å². The van der Waals surface area contributed by atoms with Gasteiger partial charge in [-0.2, -0.15) is 13.2 Å². The summed E-state index contributed by atoms with van der Waals surface area (Å²) in [6, 6.07) is 3.48. The zero-order valence-electron chi connectivity index (χ0n) is 17.6. The largest absolute Gasteiger partial charge is 0.490 e. The molecule has 182 valence electrons. The molecule has 0 saturated carbocycles. The number of fused-ring (bicyclic) bond motifs is 1. The van der Waals surface area contributed by atoms with Gasteiger partial charge in [0.25, 0.3) is 0 Å². The fraction of sp³-hybridized carbons (Fsp3) is 0.333. The Morgan fingerprint density at radius 1 is 1.24 bits per heavy atom. The lowest BCUT2D eigenvalue weighted by Gasteiger charge is -2.24. The third-order valence-electron chi connectivity index (χ3n) is 4.96. The minimum Gasteiger partial charge on any atom is -0.475 e. The van der Waals surface area contributed by atoms with E-state index >= 15 is 0 Å². The molecule has 2 N–H and O–H groups in total. The summed E-state index contributed by atoms with van der Waals surface area (Å²) in [6.45, 7) is 1.17. The summed E-state index contributed by atoms with van der Waals surface area (Å²) in [5, 5.41) is 10.2. The molecule has 3 heterocycles. The number of hydrogen-bond donors (Lipinski definition) is 2. The van der Waals surface area contributed by atoms with Crippen molar-refractivity contribution in [3.8, 4) is 11.3 Å². The molecule has 1 unspecified atom stereocenters. The number of halogens is 5. The molecule has 13 heteroatoms. The van der Waals surface area contributed by atoms with Gasteiger partial charge in [0.15, 0.2) is 0 Å². The van der Waals surface area contributed by atoms with Gasteiger partial charge in [0.05, 0.1) is 12.0 Å². The van der Waals surface area contributed by atoms with E-state index in [1.54, 1.807) is 18.7 Å². The first-order valence-corrected chi connectivity index (χ1v) is 10.1. The molecule has 0 radical (unpaired) electrons. The van der Waals surface area contributed by atoms with E-state index in [0.717, 1.165) is 18.3 Å². The average molecular weight is 485 g/mol. The molecule has 2 aromatic heterocycles. The number of imidazole rings is 2. The van der Waals surface area contributed by atoms with E-state index in [-0.39, 0.29) is 17.5 Å². The molecule has 8 nitrogen and oxygen atoms in total. The molecular formula is C21H20F5N5O3. The maximum Gasteiger partial charge on any atom is 0.490 e. The molecule has 1 atom stereocenters. The van der Waals surface area contributed by atoms with Gasteiger partial charge in [0, 0.05) is 62.2 Å². The summed E-state index contributed by atoms with van der Waals surface area (Å²) < 4.78 is 62.6. The number of amides is 1. The molecule has 3 aromatic rings. The highest BCUT2D eigenvalue weighted by atomic mass is 19.4. The van der Waals surface area contributed by atoms with Crippen molar-refractivity contribution in [3.05, 3.63) is 60.6 Å². The Balaban J connectivity index is 0.000000406. The lowest BCUT2D eigenvalue weighted by atomic mass is 10.1. The van der Waals surface area contributed by atoms with Gasteiger partial charge in [-0.05, 0) is 18.6 Å². The van der Waals surface area contributed by atoms with E-state index in [9.17, 15) is 26.7 Å². The van der Waals surface area contributed by atoms with E-state index in [4.69, 9.17) is 9.90 Å². The van der Waals surface area contributed by atoms with Crippen LogP contribution >= 0.6 is 0 Å². The van der Waals surface area contributed by atoms with Crippen molar-refractivity contribution in [2.24, 2.45) is 0 Å². The smallest absolute Gasteiger partial charge is 0.475 e. The van der Waals surface area contributed by atoms with E-state index in [0.29, 0.717) is 31.6 Å². The second-order valence-corrected chi connectivity index (χ2v) is 7.48. The Kier molecular flexibility index (Phi) is 7.64. The normalized spacial score (nSPS) is 15.1. The maximum absolute atomic E-state index is 14.0. The van der Waals surface area contributed by atoms with Gasteiger partial charge in [0.1, 0.15) is 17.5 Å². The van der Waals surface area contributed by atoms with E-state index in [1.807, 2.05) is 15.3 Å². The van der Waals surface area contributed by atoms with Crippen LogP contribution in [0.2, 0.25) is 0 Å². The number of carboxylic acid groups (broad SMARTS) is 1. The molecular weight excluding hydrogens is 465 g/mol. The van der Waals surface area contributed by atoms with Gasteiger partial charge in [0.2, 0.25) is 5.91 Å². The number of hydrogen-bond acceptors (Lipinski definition) is 4. The van der Waals surface area contributed by atoms with E-state index in [1.165, 1.54) is 12.1 Å². The number of alkyl halides is 3. The molecule has 0 aliphatic carbocycles. The molecule has 0 spiro atoms. The summed E-state index contributed by atoms with van der Waals surface area (Å²) in [6.07, 6.45) is 3.71. The summed E-state index contributed by atoms with van der Waals surface area (Å²) in [4.78, 5) is 29.5. The monoisotopic (exact) mass is 485 g/mol. The Hall–Kier alpha value is -3.77. The molecule has 0 fully saturated rings. The molecule has 1 aromatic carbocycles. The van der Waals surface area contributed by atoms with Gasteiger partial charge in [-0.1, -0.05) is 0 Å². The number of carbonyl (C=O) groups is 2. The van der Waals surface area contributed by atoms with Crippen LogP contribution in [0.5, 0.6) is 0 Å². The first kappa shape index (κ1) is 24.9. The number of aliphatic carboxylic acids is 1. The highest BCUT2D eigenvalue weighted by molar-refractivity contribution is 5.76. The van der Waals surface area contributed by atoms with Crippen LogP contribution < -0.4 is 5.32 Å². The third-order valence-corrected chi connectivity index (χ3v) is 4.96. The van der Waals surface area contributed by atoms with Crippen LogP contribution in [0.3, 0.4) is 0 Å². The molecule has 0 saturated heterocycles. The molecule has 1 aliphatic rings. The number of benzene rings is 1. The van der Waals surface area contributed by atoms with Gasteiger partial charge < -0.3 is 19.6 Å². The number of carbonyl (C=O) groups excluding carboxylic acids is 1. The lowest BCUT2D eigenvalue weighted by Crippen LogP contribution is -2.41. The topological polar surface area (TPSA) is 102 Å². The SMILES string of the molecule is O=C(CCn1ccnc1)NC1CCc2nc(-c3ccc(F)cc3F)cn2C1.O=C(O)C(F)(F)F. The molecule has 1 aliphatic heterocycles. The zero-order chi connectivity index (χ0) is 24.9. The van der Waals surface area contributed by atoms with Crippen molar-refractivity contribution < 1.29 is 36.6 Å². The third kappa shape index (κ3) is 6.62. The van der Waals surface area contributed by atoms with Gasteiger partial charge in [-0.15, -0.1) is 0 Å². The number of aryl methyl sites for hydroxylation is 2. The number of rotatable bonds is 5. The fourth-order valence-electron chi connectivity index (χ4n) is 3.34. The average Bonchev–Trinajstić information content (AvgIpc) is 3.41. The van der Waals surface area contributed by atoms with Crippen molar-refractivity contribution >= 4 is 11.9 Å². The Morgan fingerprint density at radius 2 is 1.97 bits per heavy atom. The summed E-state index contributed by atoms with van der Waals surface area (Å²) in [5.41, 5.74) is 0.758. The number of aromatic nitrogens is 4. The Bertz CT molecular complexity index is 1140. The van der Waals surface area contributed by atoms with Crippen LogP contribution in [0.25, 0.3) is 11.3 Å². The molecule has 0 bridgehead atoms. The molecule has 34 heavy (non-hydrogen) atoms. The quantitative estimate of drug-likeness (QED) is 0.541. The van der Waals surface area contributed by atoms with Crippen molar-refractivity contribution in [2.75, 3.05) is 0 Å². The maximum atomic E-state index is 14.0. The summed E-state index contributed by atoms with van der Waals surface area (Å²) in [5.74, 6) is -3.17. The fourth-order valence-corrected chi connectivity index (χ4v) is 3.34. The molecule has 4 rings (SSSR count). The zero-order valence-corrected chi connectivity index (χ0v) is 17.6. The first-order chi connectivity index (χ1) is 16.0. The van der Waals surface area contributed by atoms with Crippen LogP contribution in [0, 0.1) is 11.6 Å².